The van der Waals surface area contributed by atoms with Gasteiger partial charge in [0.2, 0.25) is 5.82 Å². The fourth-order valence-electron chi connectivity index (χ4n) is 1.68. The highest BCUT2D eigenvalue weighted by molar-refractivity contribution is 5.88. The minimum Gasteiger partial charge on any atom is -0.379 e. The molecule has 2 N–H and O–H groups in total. The van der Waals surface area contributed by atoms with Crippen LogP contribution in [0.25, 0.3) is 0 Å². The summed E-state index contributed by atoms with van der Waals surface area (Å²) in [7, 11) is 0. The molecule has 88 valence electrons. The lowest BCUT2D eigenvalue weighted by atomic mass is 10.4. The van der Waals surface area contributed by atoms with Gasteiger partial charge in [-0.15, -0.1) is 10.2 Å². The van der Waals surface area contributed by atoms with Gasteiger partial charge in [0.15, 0.2) is 0 Å². The summed E-state index contributed by atoms with van der Waals surface area (Å²) < 4.78 is 6.93. The van der Waals surface area contributed by atoms with Gasteiger partial charge in [0.25, 0.3) is 5.91 Å². The second kappa shape index (κ2) is 5.04. The Morgan fingerprint density at radius 1 is 1.44 bits per heavy atom. The molecule has 0 radical (unpaired) electrons. The predicted molar refractivity (Wildman–Crippen MR) is 55.8 cm³/mol. The van der Waals surface area contributed by atoms with Crippen LogP contribution in [0.3, 0.4) is 0 Å². The monoisotopic (exact) mass is 225 g/mol. The van der Waals surface area contributed by atoms with E-state index in [0.29, 0.717) is 6.54 Å². The number of morpholine rings is 1. The van der Waals surface area contributed by atoms with Crippen molar-refractivity contribution in [3.8, 4) is 0 Å². The number of amides is 1. The third-order valence-electron chi connectivity index (χ3n) is 2.60. The third-order valence-corrected chi connectivity index (χ3v) is 2.60. The summed E-state index contributed by atoms with van der Waals surface area (Å²) in [5.41, 5.74) is 5.17. The molecule has 1 aliphatic rings. The van der Waals surface area contributed by atoms with Crippen molar-refractivity contribution in [2.45, 2.75) is 6.54 Å². The molecule has 0 unspecified atom stereocenters. The van der Waals surface area contributed by atoms with Crippen molar-refractivity contribution in [3.63, 3.8) is 0 Å². The first kappa shape index (κ1) is 11.0. The van der Waals surface area contributed by atoms with Gasteiger partial charge in [-0.05, 0) is 0 Å². The summed E-state index contributed by atoms with van der Waals surface area (Å²) in [6, 6.07) is 0. The van der Waals surface area contributed by atoms with Crippen LogP contribution >= 0.6 is 0 Å². The molecule has 0 spiro atoms. The molecule has 1 aromatic rings. The molecule has 16 heavy (non-hydrogen) atoms. The topological polar surface area (TPSA) is 86.3 Å². The second-order valence-corrected chi connectivity index (χ2v) is 3.67. The van der Waals surface area contributed by atoms with Crippen LogP contribution in [0.5, 0.6) is 0 Å². The highest BCUT2D eigenvalue weighted by Crippen LogP contribution is 1.99. The summed E-state index contributed by atoms with van der Waals surface area (Å²) in [4.78, 5) is 13.3. The maximum Gasteiger partial charge on any atom is 0.286 e. The van der Waals surface area contributed by atoms with E-state index < -0.39 is 5.91 Å². The number of hydrogen-bond donors (Lipinski definition) is 1. The number of nitrogens with two attached hydrogens (primary N) is 1. The van der Waals surface area contributed by atoms with Gasteiger partial charge in [0.1, 0.15) is 6.33 Å². The maximum absolute atomic E-state index is 11.0. The Kier molecular flexibility index (Phi) is 3.47. The van der Waals surface area contributed by atoms with E-state index in [2.05, 4.69) is 15.1 Å². The summed E-state index contributed by atoms with van der Waals surface area (Å²) in [5, 5.41) is 7.35. The molecule has 0 atom stereocenters. The fraction of sp³-hybridized carbons (Fsp3) is 0.667. The van der Waals surface area contributed by atoms with Crippen molar-refractivity contribution in [2.24, 2.45) is 5.73 Å². The maximum atomic E-state index is 11.0. The zero-order chi connectivity index (χ0) is 11.4. The molecule has 7 heteroatoms. The van der Waals surface area contributed by atoms with Gasteiger partial charge < -0.3 is 15.0 Å². The summed E-state index contributed by atoms with van der Waals surface area (Å²) in [6.07, 6.45) is 1.53. The highest BCUT2D eigenvalue weighted by atomic mass is 16.5. The molecule has 1 saturated heterocycles. The van der Waals surface area contributed by atoms with E-state index in [1.807, 2.05) is 0 Å². The molecule has 2 rings (SSSR count). The summed E-state index contributed by atoms with van der Waals surface area (Å²) >= 11 is 0. The zero-order valence-electron chi connectivity index (χ0n) is 9.00. The van der Waals surface area contributed by atoms with Gasteiger partial charge >= 0.3 is 0 Å². The first-order valence-electron chi connectivity index (χ1n) is 5.25. The van der Waals surface area contributed by atoms with Crippen molar-refractivity contribution < 1.29 is 9.53 Å². The van der Waals surface area contributed by atoms with Gasteiger partial charge in [0, 0.05) is 26.2 Å². The van der Waals surface area contributed by atoms with E-state index in [4.69, 9.17) is 10.5 Å². The number of hydrogen-bond acceptors (Lipinski definition) is 5. The summed E-state index contributed by atoms with van der Waals surface area (Å²) in [5.74, 6) is -0.326. The first-order chi connectivity index (χ1) is 7.77. The smallest absolute Gasteiger partial charge is 0.286 e. The van der Waals surface area contributed by atoms with Crippen LogP contribution in [-0.2, 0) is 11.3 Å². The molecule has 2 heterocycles. The van der Waals surface area contributed by atoms with Gasteiger partial charge in [-0.2, -0.15) is 0 Å². The number of ether oxygens (including phenoxy) is 1. The normalized spacial score (nSPS) is 17.5. The molecule has 0 bridgehead atoms. The number of aromatic nitrogens is 3. The average molecular weight is 225 g/mol. The van der Waals surface area contributed by atoms with Gasteiger partial charge in [-0.1, -0.05) is 0 Å². The zero-order valence-corrected chi connectivity index (χ0v) is 9.00. The Hall–Kier alpha value is -1.47. The first-order valence-corrected chi connectivity index (χ1v) is 5.25. The van der Waals surface area contributed by atoms with Gasteiger partial charge in [-0.3, -0.25) is 9.69 Å². The van der Waals surface area contributed by atoms with Crippen LogP contribution in [0.2, 0.25) is 0 Å². The van der Waals surface area contributed by atoms with Crippen molar-refractivity contribution in [1.29, 1.82) is 0 Å². The van der Waals surface area contributed by atoms with Crippen molar-refractivity contribution in [2.75, 3.05) is 32.8 Å². The largest absolute Gasteiger partial charge is 0.379 e. The highest BCUT2D eigenvalue weighted by Gasteiger charge is 2.13. The number of primary amides is 1. The second-order valence-electron chi connectivity index (χ2n) is 3.67. The standard InChI is InChI=1S/C9H15N5O2/c10-8(15)9-12-11-7-14(9)2-1-13-3-5-16-6-4-13/h7H,1-6H2,(H2,10,15). The van der Waals surface area contributed by atoms with E-state index in [0.717, 1.165) is 32.8 Å². The average Bonchev–Trinajstić information content (AvgIpc) is 2.76. The molecule has 1 aromatic heterocycles. The lowest BCUT2D eigenvalue weighted by Gasteiger charge is -2.26. The number of nitrogens with zero attached hydrogens (tertiary/aromatic N) is 4. The number of carbonyl (C=O) groups excluding carboxylic acids is 1. The van der Waals surface area contributed by atoms with E-state index in [1.165, 1.54) is 6.33 Å². The van der Waals surface area contributed by atoms with Crippen molar-refractivity contribution >= 4 is 5.91 Å². The molecule has 1 amide bonds. The summed E-state index contributed by atoms with van der Waals surface area (Å²) in [6.45, 7) is 4.91. The molecule has 1 fully saturated rings. The Morgan fingerprint density at radius 3 is 2.88 bits per heavy atom. The molecular weight excluding hydrogens is 210 g/mol. The predicted octanol–water partition coefficient (Wildman–Crippen LogP) is -1.29. The van der Waals surface area contributed by atoms with Crippen LogP contribution < -0.4 is 5.73 Å². The lowest BCUT2D eigenvalue weighted by Crippen LogP contribution is -2.38. The van der Waals surface area contributed by atoms with E-state index >= 15 is 0 Å². The van der Waals surface area contributed by atoms with Gasteiger partial charge in [0.05, 0.1) is 13.2 Å². The van der Waals surface area contributed by atoms with Crippen molar-refractivity contribution in [3.05, 3.63) is 12.2 Å². The van der Waals surface area contributed by atoms with Crippen LogP contribution in [-0.4, -0.2) is 58.4 Å². The number of rotatable bonds is 4. The molecular formula is C9H15N5O2. The lowest BCUT2D eigenvalue weighted by molar-refractivity contribution is 0.0362. The fourth-order valence-corrected chi connectivity index (χ4v) is 1.68. The Labute approximate surface area is 93.2 Å². The van der Waals surface area contributed by atoms with Gasteiger partial charge in [-0.25, -0.2) is 0 Å². The van der Waals surface area contributed by atoms with E-state index in [-0.39, 0.29) is 5.82 Å². The molecule has 7 nitrogen and oxygen atoms in total. The third kappa shape index (κ3) is 2.56. The van der Waals surface area contributed by atoms with E-state index in [1.54, 1.807) is 4.57 Å². The molecule has 0 saturated carbocycles. The van der Waals surface area contributed by atoms with Crippen molar-refractivity contribution in [1.82, 2.24) is 19.7 Å². The Morgan fingerprint density at radius 2 is 2.19 bits per heavy atom. The van der Waals surface area contributed by atoms with Crippen LogP contribution in [0.4, 0.5) is 0 Å². The van der Waals surface area contributed by atoms with Crippen LogP contribution in [0.1, 0.15) is 10.6 Å². The molecule has 0 aliphatic carbocycles. The SMILES string of the molecule is NC(=O)c1nncn1CCN1CCOCC1. The van der Waals surface area contributed by atoms with E-state index in [9.17, 15) is 4.79 Å². The van der Waals surface area contributed by atoms with Crippen LogP contribution in [0, 0.1) is 0 Å². The quantitative estimate of drug-likeness (QED) is 0.689. The minimum absolute atomic E-state index is 0.216. The van der Waals surface area contributed by atoms with Crippen LogP contribution in [0.15, 0.2) is 6.33 Å². The Bertz CT molecular complexity index is 359. The minimum atomic E-state index is -0.542. The number of carbonyl (C=O) groups is 1. The molecule has 1 aliphatic heterocycles. The Balaban J connectivity index is 1.88. The molecule has 0 aromatic carbocycles.